The van der Waals surface area contributed by atoms with Crippen molar-refractivity contribution in [2.24, 2.45) is 17.3 Å². The second kappa shape index (κ2) is 13.3. The van der Waals surface area contributed by atoms with Crippen molar-refractivity contribution < 1.29 is 62.9 Å². The molecule has 1 aliphatic carbocycles. The molecule has 244 valence electrons. The zero-order chi connectivity index (χ0) is 33.2. The molecular weight excluding hydrogens is 593 g/mol. The second-order valence-electron chi connectivity index (χ2n) is 11.7. The molecule has 3 unspecified atom stereocenters. The Bertz CT molecular complexity index is 1060. The monoisotopic (exact) mass is 630 g/mol. The molecule has 1 aromatic rings. The van der Waals surface area contributed by atoms with Crippen molar-refractivity contribution in [1.29, 1.82) is 0 Å². The van der Waals surface area contributed by atoms with E-state index in [-0.39, 0.29) is 32.1 Å². The summed E-state index contributed by atoms with van der Waals surface area (Å²) in [6.07, 6.45) is -10.1. The van der Waals surface area contributed by atoms with Gasteiger partial charge in [0.2, 0.25) is 11.4 Å². The molecule has 1 aliphatic rings. The van der Waals surface area contributed by atoms with Crippen LogP contribution in [0.1, 0.15) is 98.5 Å². The van der Waals surface area contributed by atoms with Gasteiger partial charge in [-0.1, -0.05) is 20.8 Å². The molecule has 1 N–H and O–H groups in total. The number of carbonyl (C=O) groups excluding carboxylic acids is 1. The highest BCUT2D eigenvalue weighted by Crippen LogP contribution is 2.50. The fourth-order valence-corrected chi connectivity index (χ4v) is 4.54. The molecule has 0 heterocycles. The smallest absolute Gasteiger partial charge is 0.428 e. The number of benzene rings is 1. The number of ether oxygens (including phenoxy) is 1. The lowest BCUT2D eigenvalue weighted by Gasteiger charge is -2.45. The minimum atomic E-state index is -4.87. The van der Waals surface area contributed by atoms with Gasteiger partial charge in [0.05, 0.1) is 5.41 Å². The lowest BCUT2D eigenvalue weighted by Crippen LogP contribution is -2.56. The predicted molar refractivity (Wildman–Crippen MR) is 132 cm³/mol. The summed E-state index contributed by atoms with van der Waals surface area (Å²) in [7, 11) is 0. The normalized spacial score (nSPS) is 21.9. The van der Waals surface area contributed by atoms with E-state index in [0.29, 0.717) is 13.3 Å². The molecule has 0 aromatic heterocycles. The molecule has 1 fully saturated rings. The number of hydrogen-bond donors (Lipinski definition) is 1. The Morgan fingerprint density at radius 1 is 0.762 bits per heavy atom. The molecule has 1 saturated carbocycles. The third-order valence-electron chi connectivity index (χ3n) is 8.53. The quantitative estimate of drug-likeness (QED) is 0.141. The number of hydrogen-bond acceptors (Lipinski definition) is 3. The van der Waals surface area contributed by atoms with Crippen LogP contribution in [0, 0.1) is 46.3 Å². The zero-order valence-corrected chi connectivity index (χ0v) is 24.4. The van der Waals surface area contributed by atoms with Crippen LogP contribution in [0.3, 0.4) is 0 Å². The Kier molecular flexibility index (Phi) is 12.0. The van der Waals surface area contributed by atoms with E-state index >= 15 is 0 Å². The van der Waals surface area contributed by atoms with Gasteiger partial charge in [-0.2, -0.15) is 26.3 Å². The van der Waals surface area contributed by atoms with Gasteiger partial charge < -0.3 is 9.84 Å². The van der Waals surface area contributed by atoms with E-state index in [2.05, 4.69) is 0 Å². The number of carbonyl (C=O) groups is 1. The fraction of sp³-hybridized carbons (Fsp3) is 0.750. The van der Waals surface area contributed by atoms with E-state index in [0.717, 1.165) is 6.92 Å². The molecular formula is C28H37F11O3. The van der Waals surface area contributed by atoms with Crippen molar-refractivity contribution in [1.82, 2.24) is 0 Å². The average Bonchev–Trinajstić information content (AvgIpc) is 2.89. The minimum Gasteiger partial charge on any atom is -0.449 e. The van der Waals surface area contributed by atoms with Crippen LogP contribution in [-0.4, -0.2) is 34.6 Å². The Morgan fingerprint density at radius 2 is 1.14 bits per heavy atom. The van der Waals surface area contributed by atoms with Crippen molar-refractivity contribution in [2.45, 2.75) is 116 Å². The molecule has 14 heteroatoms. The summed E-state index contributed by atoms with van der Waals surface area (Å²) < 4.78 is 149. The molecule has 0 amide bonds. The maximum absolute atomic E-state index is 13.8. The number of esters is 1. The third-order valence-corrected chi connectivity index (χ3v) is 8.53. The Hall–Kier alpha value is -2.12. The van der Waals surface area contributed by atoms with Crippen LogP contribution in [0.2, 0.25) is 0 Å². The molecule has 2 rings (SSSR count). The lowest BCUT2D eigenvalue weighted by atomic mass is 9.69. The minimum absolute atomic E-state index is 0.229. The van der Waals surface area contributed by atoms with Crippen LogP contribution in [0.5, 0.6) is 0 Å². The van der Waals surface area contributed by atoms with E-state index < -0.39 is 87.3 Å². The number of rotatable bonds is 7. The lowest BCUT2D eigenvalue weighted by molar-refractivity contribution is -0.295. The molecule has 0 radical (unpaired) electrons. The first-order valence-corrected chi connectivity index (χ1v) is 13.4. The fourth-order valence-electron chi connectivity index (χ4n) is 4.54. The van der Waals surface area contributed by atoms with Crippen molar-refractivity contribution in [3.63, 3.8) is 0 Å². The second-order valence-corrected chi connectivity index (χ2v) is 11.7. The Morgan fingerprint density at radius 3 is 1.48 bits per heavy atom. The molecule has 3 atom stereocenters. The molecule has 1 aromatic carbocycles. The van der Waals surface area contributed by atoms with Crippen molar-refractivity contribution >= 4 is 5.97 Å². The van der Waals surface area contributed by atoms with Gasteiger partial charge in [-0.15, -0.1) is 0 Å². The summed E-state index contributed by atoms with van der Waals surface area (Å²) >= 11 is 0. The van der Waals surface area contributed by atoms with Gasteiger partial charge in [-0.05, 0) is 78.1 Å². The van der Waals surface area contributed by atoms with Gasteiger partial charge in [0, 0.05) is 11.5 Å². The molecule has 3 nitrogen and oxygen atoms in total. The Labute approximate surface area is 237 Å². The van der Waals surface area contributed by atoms with E-state index in [9.17, 15) is 58.2 Å². The van der Waals surface area contributed by atoms with Crippen LogP contribution in [0.25, 0.3) is 0 Å². The van der Waals surface area contributed by atoms with Gasteiger partial charge in [-0.25, -0.2) is 22.0 Å². The van der Waals surface area contributed by atoms with Gasteiger partial charge in [0.15, 0.2) is 28.9 Å². The summed E-state index contributed by atoms with van der Waals surface area (Å²) in [6, 6.07) is 0. The topological polar surface area (TPSA) is 46.5 Å². The molecule has 0 saturated heterocycles. The number of alkyl halides is 6. The SMILES string of the molecule is CCC(C)(C)C(=O)OC(C)(C1CCC(C(C)(O)C(F)(F)F)CC1)C(F)(F)F.CCC(C)c1c(F)c(F)c(F)c(F)c1F. The molecule has 0 aliphatic heterocycles. The first kappa shape index (κ1) is 37.9. The first-order valence-electron chi connectivity index (χ1n) is 13.4. The summed E-state index contributed by atoms with van der Waals surface area (Å²) in [6.45, 7) is 9.03. The largest absolute Gasteiger partial charge is 0.449 e. The molecule has 0 bridgehead atoms. The standard InChI is InChI=1S/C18H28F6O3.C10H9F5/c1-6-14(2,3)13(25)27-16(5,18(22,23)24)12-9-7-11(8-10-12)15(4,26)17(19,20)21;1-3-4(2)5-6(11)8(13)10(15)9(14)7(5)12/h11-12,26H,6-10H2,1-5H3;4H,3H2,1-2H3. The summed E-state index contributed by atoms with van der Waals surface area (Å²) in [5, 5.41) is 9.78. The highest BCUT2D eigenvalue weighted by Gasteiger charge is 2.62. The summed E-state index contributed by atoms with van der Waals surface area (Å²) in [5.41, 5.74) is -7.60. The van der Waals surface area contributed by atoms with Crippen molar-refractivity contribution in [3.05, 3.63) is 34.6 Å². The van der Waals surface area contributed by atoms with Crippen LogP contribution in [-0.2, 0) is 9.53 Å². The molecule has 42 heavy (non-hydrogen) atoms. The highest BCUT2D eigenvalue weighted by atomic mass is 19.4. The van der Waals surface area contributed by atoms with E-state index in [1.165, 1.54) is 20.8 Å². The summed E-state index contributed by atoms with van der Waals surface area (Å²) in [5.74, 6) is -13.4. The van der Waals surface area contributed by atoms with E-state index in [4.69, 9.17) is 4.74 Å². The zero-order valence-electron chi connectivity index (χ0n) is 24.4. The summed E-state index contributed by atoms with van der Waals surface area (Å²) in [4.78, 5) is 12.2. The van der Waals surface area contributed by atoms with Crippen LogP contribution in [0.4, 0.5) is 48.3 Å². The maximum Gasteiger partial charge on any atom is 0.428 e. The Balaban J connectivity index is 0.000000495. The number of aliphatic hydroxyl groups is 1. The van der Waals surface area contributed by atoms with Gasteiger partial charge >= 0.3 is 18.3 Å². The van der Waals surface area contributed by atoms with Gasteiger partial charge in [-0.3, -0.25) is 4.79 Å². The molecule has 0 spiro atoms. The third kappa shape index (κ3) is 7.68. The first-order chi connectivity index (χ1) is 18.8. The van der Waals surface area contributed by atoms with E-state index in [1.807, 2.05) is 0 Å². The van der Waals surface area contributed by atoms with Crippen molar-refractivity contribution in [2.75, 3.05) is 0 Å². The van der Waals surface area contributed by atoms with Crippen molar-refractivity contribution in [3.8, 4) is 0 Å². The van der Waals surface area contributed by atoms with Crippen LogP contribution >= 0.6 is 0 Å². The van der Waals surface area contributed by atoms with Gasteiger partial charge in [0.1, 0.15) is 0 Å². The predicted octanol–water partition coefficient (Wildman–Crippen LogP) is 9.30. The van der Waals surface area contributed by atoms with Gasteiger partial charge in [0.25, 0.3) is 0 Å². The van der Waals surface area contributed by atoms with Crippen LogP contribution in [0.15, 0.2) is 0 Å². The highest BCUT2D eigenvalue weighted by molar-refractivity contribution is 5.76. The number of halogens is 11. The average molecular weight is 631 g/mol. The van der Waals surface area contributed by atoms with E-state index in [1.54, 1.807) is 13.8 Å². The maximum atomic E-state index is 13.8. The van der Waals surface area contributed by atoms with Crippen LogP contribution < -0.4 is 0 Å².